The van der Waals surface area contributed by atoms with E-state index in [4.69, 9.17) is 4.74 Å². The molecule has 4 heteroatoms. The van der Waals surface area contributed by atoms with Crippen LogP contribution < -0.4 is 5.32 Å². The Morgan fingerprint density at radius 2 is 2.00 bits per heavy atom. The van der Waals surface area contributed by atoms with Crippen molar-refractivity contribution >= 4 is 17.9 Å². The molecule has 2 saturated carbocycles. The molecule has 2 unspecified atom stereocenters. The number of hydrogen-bond acceptors (Lipinski definition) is 3. The molecule has 0 saturated heterocycles. The molecule has 2 atom stereocenters. The van der Waals surface area contributed by atoms with Crippen LogP contribution in [0.15, 0.2) is 0 Å². The number of nitrogens with one attached hydrogen (secondary N) is 1. The minimum Gasteiger partial charge on any atom is -0.446 e. The maximum Gasteiger partial charge on any atom is 0.407 e. The second-order valence-electron chi connectivity index (χ2n) is 4.99. The minimum absolute atomic E-state index is 0.175. The van der Waals surface area contributed by atoms with Gasteiger partial charge in [-0.2, -0.15) is 11.8 Å². The summed E-state index contributed by atoms with van der Waals surface area (Å²) in [5, 5.41) is 3.65. The highest BCUT2D eigenvalue weighted by molar-refractivity contribution is 7.99. The van der Waals surface area contributed by atoms with E-state index in [1.165, 1.54) is 25.7 Å². The molecule has 0 bridgehead atoms. The smallest absolute Gasteiger partial charge is 0.407 e. The first kappa shape index (κ1) is 13.1. The van der Waals surface area contributed by atoms with Gasteiger partial charge >= 0.3 is 6.09 Å². The Kier molecular flexibility index (Phi) is 5.01. The number of hydrogen-bond donors (Lipinski definition) is 1. The van der Waals surface area contributed by atoms with Gasteiger partial charge in [-0.1, -0.05) is 13.3 Å². The summed E-state index contributed by atoms with van der Waals surface area (Å²) in [5.41, 5.74) is 0. The Morgan fingerprint density at radius 3 is 2.71 bits per heavy atom. The molecular weight excluding hydrogens is 234 g/mol. The second-order valence-corrected chi connectivity index (χ2v) is 6.50. The lowest BCUT2D eigenvalue weighted by Crippen LogP contribution is -2.40. The molecule has 2 aliphatic carbocycles. The quantitative estimate of drug-likeness (QED) is 0.839. The lowest BCUT2D eigenvalue weighted by atomic mass is 10.2. The molecule has 2 fully saturated rings. The fraction of sp³-hybridized carbons (Fsp3) is 0.923. The van der Waals surface area contributed by atoms with Crippen molar-refractivity contribution in [3.05, 3.63) is 0 Å². The van der Waals surface area contributed by atoms with E-state index in [2.05, 4.69) is 12.2 Å². The van der Waals surface area contributed by atoms with Gasteiger partial charge in [-0.15, -0.1) is 0 Å². The average Bonchev–Trinajstić information content (AvgIpc) is 2.92. The predicted molar refractivity (Wildman–Crippen MR) is 71.4 cm³/mol. The highest BCUT2D eigenvalue weighted by atomic mass is 32.2. The van der Waals surface area contributed by atoms with E-state index >= 15 is 0 Å². The van der Waals surface area contributed by atoms with Gasteiger partial charge in [-0.25, -0.2) is 4.79 Å². The molecule has 1 amide bonds. The SMILES string of the molecule is CCSC1CCCC1NC(=O)OC1CCCC1. The third-order valence-electron chi connectivity index (χ3n) is 3.71. The number of thioether (sulfide) groups is 1. The van der Waals surface area contributed by atoms with E-state index in [1.54, 1.807) is 0 Å². The van der Waals surface area contributed by atoms with Crippen LogP contribution in [0, 0.1) is 0 Å². The Hall–Kier alpha value is -0.380. The van der Waals surface area contributed by atoms with Crippen LogP contribution in [-0.2, 0) is 4.74 Å². The monoisotopic (exact) mass is 257 g/mol. The van der Waals surface area contributed by atoms with Crippen LogP contribution in [-0.4, -0.2) is 29.2 Å². The number of ether oxygens (including phenoxy) is 1. The highest BCUT2D eigenvalue weighted by Gasteiger charge is 2.29. The average molecular weight is 257 g/mol. The molecule has 2 aliphatic rings. The van der Waals surface area contributed by atoms with Crippen molar-refractivity contribution in [1.29, 1.82) is 0 Å². The van der Waals surface area contributed by atoms with Crippen molar-refractivity contribution in [2.45, 2.75) is 69.3 Å². The maximum absolute atomic E-state index is 11.8. The Morgan fingerprint density at radius 1 is 1.24 bits per heavy atom. The molecule has 1 N–H and O–H groups in total. The molecule has 0 aliphatic heterocycles. The van der Waals surface area contributed by atoms with Crippen LogP contribution >= 0.6 is 11.8 Å². The first-order valence-electron chi connectivity index (χ1n) is 6.88. The third-order valence-corrected chi connectivity index (χ3v) is 5.04. The topological polar surface area (TPSA) is 38.3 Å². The summed E-state index contributed by atoms with van der Waals surface area (Å²) in [5.74, 6) is 1.13. The summed E-state index contributed by atoms with van der Waals surface area (Å²) in [6.07, 6.45) is 8.05. The van der Waals surface area contributed by atoms with Crippen molar-refractivity contribution in [3.63, 3.8) is 0 Å². The summed E-state index contributed by atoms with van der Waals surface area (Å²) < 4.78 is 5.44. The molecule has 17 heavy (non-hydrogen) atoms. The van der Waals surface area contributed by atoms with Crippen molar-refractivity contribution in [2.24, 2.45) is 0 Å². The zero-order chi connectivity index (χ0) is 12.1. The largest absolute Gasteiger partial charge is 0.446 e. The van der Waals surface area contributed by atoms with Crippen LogP contribution in [0.4, 0.5) is 4.79 Å². The van der Waals surface area contributed by atoms with Crippen LogP contribution in [0.5, 0.6) is 0 Å². The Bertz CT molecular complexity index is 254. The summed E-state index contributed by atoms with van der Waals surface area (Å²) in [7, 11) is 0. The van der Waals surface area contributed by atoms with Gasteiger partial charge in [0.2, 0.25) is 0 Å². The fourth-order valence-electron chi connectivity index (χ4n) is 2.85. The Labute approximate surface area is 108 Å². The van der Waals surface area contributed by atoms with Crippen LogP contribution in [0.1, 0.15) is 51.9 Å². The van der Waals surface area contributed by atoms with Gasteiger partial charge in [0.1, 0.15) is 6.10 Å². The van der Waals surface area contributed by atoms with Crippen molar-refractivity contribution < 1.29 is 9.53 Å². The summed E-state index contributed by atoms with van der Waals surface area (Å²) in [6, 6.07) is 0.328. The van der Waals surface area contributed by atoms with Gasteiger partial charge < -0.3 is 10.1 Å². The highest BCUT2D eigenvalue weighted by Crippen LogP contribution is 2.30. The van der Waals surface area contributed by atoms with E-state index in [1.807, 2.05) is 11.8 Å². The van der Waals surface area contributed by atoms with Gasteiger partial charge in [0.25, 0.3) is 0 Å². The van der Waals surface area contributed by atoms with Crippen LogP contribution in [0.25, 0.3) is 0 Å². The number of rotatable bonds is 4. The van der Waals surface area contributed by atoms with Crippen molar-refractivity contribution in [3.8, 4) is 0 Å². The van der Waals surface area contributed by atoms with E-state index in [0.29, 0.717) is 11.3 Å². The standard InChI is InChI=1S/C13H23NO2S/c1-2-17-12-9-5-8-11(12)14-13(15)16-10-6-3-4-7-10/h10-12H,2-9H2,1H3,(H,14,15). The summed E-state index contributed by atoms with van der Waals surface area (Å²) in [6.45, 7) is 2.18. The number of amides is 1. The summed E-state index contributed by atoms with van der Waals surface area (Å²) >= 11 is 1.96. The first-order chi connectivity index (χ1) is 8.29. The fourth-order valence-corrected chi connectivity index (χ4v) is 4.05. The molecule has 0 heterocycles. The van der Waals surface area contributed by atoms with E-state index < -0.39 is 0 Å². The predicted octanol–water partition coefficient (Wildman–Crippen LogP) is 3.33. The maximum atomic E-state index is 11.8. The molecule has 0 spiro atoms. The zero-order valence-corrected chi connectivity index (χ0v) is 11.4. The van der Waals surface area contributed by atoms with Gasteiger partial charge in [-0.05, 0) is 44.3 Å². The van der Waals surface area contributed by atoms with Gasteiger partial charge in [0.05, 0.1) is 0 Å². The van der Waals surface area contributed by atoms with Crippen LogP contribution in [0.3, 0.4) is 0 Å². The molecule has 3 nitrogen and oxygen atoms in total. The first-order valence-corrected chi connectivity index (χ1v) is 7.93. The van der Waals surface area contributed by atoms with E-state index in [0.717, 1.165) is 25.0 Å². The molecule has 2 rings (SSSR count). The third kappa shape index (κ3) is 3.80. The molecule has 98 valence electrons. The van der Waals surface area contributed by atoms with Crippen molar-refractivity contribution in [2.75, 3.05) is 5.75 Å². The van der Waals surface area contributed by atoms with Gasteiger partial charge in [0, 0.05) is 11.3 Å². The number of carbonyl (C=O) groups excluding carboxylic acids is 1. The normalized spacial score (nSPS) is 29.5. The number of alkyl carbamates (subject to hydrolysis) is 1. The Balaban J connectivity index is 1.73. The van der Waals surface area contributed by atoms with E-state index in [-0.39, 0.29) is 12.2 Å². The second kappa shape index (κ2) is 6.53. The molecule has 0 aromatic carbocycles. The molecule has 0 radical (unpaired) electrons. The number of carbonyl (C=O) groups is 1. The van der Waals surface area contributed by atoms with Crippen LogP contribution in [0.2, 0.25) is 0 Å². The molecule has 0 aromatic heterocycles. The lowest BCUT2D eigenvalue weighted by molar-refractivity contribution is 0.0981. The van der Waals surface area contributed by atoms with E-state index in [9.17, 15) is 4.79 Å². The lowest BCUT2D eigenvalue weighted by Gasteiger charge is -2.21. The molecular formula is C13H23NO2S. The van der Waals surface area contributed by atoms with Gasteiger partial charge in [0.15, 0.2) is 0 Å². The van der Waals surface area contributed by atoms with Gasteiger partial charge in [-0.3, -0.25) is 0 Å². The van der Waals surface area contributed by atoms with Crippen molar-refractivity contribution in [1.82, 2.24) is 5.32 Å². The summed E-state index contributed by atoms with van der Waals surface area (Å²) in [4.78, 5) is 11.8. The minimum atomic E-state index is -0.189. The zero-order valence-electron chi connectivity index (χ0n) is 10.6. The molecule has 0 aromatic rings.